The molecule has 1 atom stereocenters. The SMILES string of the molecule is CCCCCCC(O)c1ccc(CCOC)cc1. The lowest BCUT2D eigenvalue weighted by atomic mass is 10.0. The zero-order valence-electron chi connectivity index (χ0n) is 11.7. The maximum absolute atomic E-state index is 10.1. The number of ether oxygens (including phenoxy) is 1. The molecule has 0 amide bonds. The maximum Gasteiger partial charge on any atom is 0.0790 e. The van der Waals surface area contributed by atoms with E-state index in [1.165, 1.54) is 24.8 Å². The van der Waals surface area contributed by atoms with Crippen molar-refractivity contribution in [3.8, 4) is 0 Å². The van der Waals surface area contributed by atoms with Crippen LogP contribution in [0.3, 0.4) is 0 Å². The van der Waals surface area contributed by atoms with Crippen LogP contribution in [0.5, 0.6) is 0 Å². The zero-order chi connectivity index (χ0) is 13.2. The first-order valence-electron chi connectivity index (χ1n) is 7.03. The summed E-state index contributed by atoms with van der Waals surface area (Å²) < 4.78 is 5.05. The average Bonchev–Trinajstić information content (AvgIpc) is 2.41. The van der Waals surface area contributed by atoms with Crippen molar-refractivity contribution in [2.45, 2.75) is 51.6 Å². The fourth-order valence-corrected chi connectivity index (χ4v) is 2.06. The third kappa shape index (κ3) is 5.65. The second-order valence-corrected chi connectivity index (χ2v) is 4.85. The first-order valence-corrected chi connectivity index (χ1v) is 7.03. The van der Waals surface area contributed by atoms with Gasteiger partial charge in [0.05, 0.1) is 12.7 Å². The van der Waals surface area contributed by atoms with Crippen molar-refractivity contribution in [1.82, 2.24) is 0 Å². The van der Waals surface area contributed by atoms with Crippen LogP contribution in [0.1, 0.15) is 56.3 Å². The van der Waals surface area contributed by atoms with Crippen molar-refractivity contribution < 1.29 is 9.84 Å². The number of rotatable bonds is 9. The average molecular weight is 250 g/mol. The summed E-state index contributed by atoms with van der Waals surface area (Å²) in [5.41, 5.74) is 2.30. The Kier molecular flexibility index (Phi) is 7.70. The van der Waals surface area contributed by atoms with Crippen LogP contribution in [0.4, 0.5) is 0 Å². The monoisotopic (exact) mass is 250 g/mol. The summed E-state index contributed by atoms with van der Waals surface area (Å²) in [4.78, 5) is 0. The largest absolute Gasteiger partial charge is 0.388 e. The van der Waals surface area contributed by atoms with E-state index in [9.17, 15) is 5.11 Å². The molecule has 0 radical (unpaired) electrons. The van der Waals surface area contributed by atoms with Crippen LogP contribution in [-0.2, 0) is 11.2 Å². The van der Waals surface area contributed by atoms with Gasteiger partial charge in [-0.05, 0) is 24.0 Å². The smallest absolute Gasteiger partial charge is 0.0790 e. The minimum Gasteiger partial charge on any atom is -0.388 e. The molecule has 0 aliphatic heterocycles. The molecule has 0 saturated heterocycles. The molecule has 0 bridgehead atoms. The fraction of sp³-hybridized carbons (Fsp3) is 0.625. The van der Waals surface area contributed by atoms with E-state index in [1.54, 1.807) is 7.11 Å². The molecule has 0 fully saturated rings. The molecule has 0 aromatic heterocycles. The summed E-state index contributed by atoms with van der Waals surface area (Å²) in [7, 11) is 1.72. The fourth-order valence-electron chi connectivity index (χ4n) is 2.06. The van der Waals surface area contributed by atoms with Gasteiger partial charge in [0.2, 0.25) is 0 Å². The molecule has 102 valence electrons. The number of aliphatic hydroxyl groups excluding tert-OH is 1. The second kappa shape index (κ2) is 9.12. The van der Waals surface area contributed by atoms with Crippen molar-refractivity contribution in [3.63, 3.8) is 0 Å². The first-order chi connectivity index (χ1) is 8.77. The van der Waals surface area contributed by atoms with Crippen LogP contribution in [0.25, 0.3) is 0 Å². The molecule has 0 aliphatic rings. The van der Waals surface area contributed by atoms with Gasteiger partial charge in [-0.2, -0.15) is 0 Å². The highest BCUT2D eigenvalue weighted by Gasteiger charge is 2.06. The quantitative estimate of drug-likeness (QED) is 0.674. The third-order valence-corrected chi connectivity index (χ3v) is 3.29. The highest BCUT2D eigenvalue weighted by molar-refractivity contribution is 5.24. The summed E-state index contributed by atoms with van der Waals surface area (Å²) in [5, 5.41) is 10.1. The van der Waals surface area contributed by atoms with Crippen LogP contribution in [-0.4, -0.2) is 18.8 Å². The van der Waals surface area contributed by atoms with Gasteiger partial charge in [0.25, 0.3) is 0 Å². The molecule has 1 rings (SSSR count). The Morgan fingerprint density at radius 1 is 1.11 bits per heavy atom. The van der Waals surface area contributed by atoms with Gasteiger partial charge in [0.15, 0.2) is 0 Å². The molecular weight excluding hydrogens is 224 g/mol. The van der Waals surface area contributed by atoms with Crippen LogP contribution in [0.15, 0.2) is 24.3 Å². The van der Waals surface area contributed by atoms with Gasteiger partial charge < -0.3 is 9.84 Å². The molecule has 1 aromatic carbocycles. The number of unbranched alkanes of at least 4 members (excludes halogenated alkanes) is 3. The van der Waals surface area contributed by atoms with Crippen molar-refractivity contribution in [2.24, 2.45) is 0 Å². The molecule has 0 saturated carbocycles. The van der Waals surface area contributed by atoms with E-state index in [0.717, 1.165) is 31.4 Å². The van der Waals surface area contributed by atoms with Gasteiger partial charge in [0.1, 0.15) is 0 Å². The van der Waals surface area contributed by atoms with E-state index in [-0.39, 0.29) is 6.10 Å². The first kappa shape index (κ1) is 15.2. The predicted octanol–water partition coefficient (Wildman–Crippen LogP) is 3.88. The minimum atomic E-state index is -0.307. The lowest BCUT2D eigenvalue weighted by Gasteiger charge is -2.11. The van der Waals surface area contributed by atoms with Crippen molar-refractivity contribution in [3.05, 3.63) is 35.4 Å². The topological polar surface area (TPSA) is 29.5 Å². The van der Waals surface area contributed by atoms with Crippen LogP contribution >= 0.6 is 0 Å². The van der Waals surface area contributed by atoms with Gasteiger partial charge >= 0.3 is 0 Å². The highest BCUT2D eigenvalue weighted by Crippen LogP contribution is 2.20. The van der Waals surface area contributed by atoms with Crippen LogP contribution in [0.2, 0.25) is 0 Å². The van der Waals surface area contributed by atoms with Gasteiger partial charge in [-0.3, -0.25) is 0 Å². The Morgan fingerprint density at radius 2 is 1.83 bits per heavy atom. The normalized spacial score (nSPS) is 12.6. The molecule has 18 heavy (non-hydrogen) atoms. The lowest BCUT2D eigenvalue weighted by molar-refractivity contribution is 0.163. The van der Waals surface area contributed by atoms with Crippen LogP contribution < -0.4 is 0 Å². The van der Waals surface area contributed by atoms with Crippen molar-refractivity contribution >= 4 is 0 Å². The minimum absolute atomic E-state index is 0.307. The molecule has 0 aliphatic carbocycles. The van der Waals surface area contributed by atoms with Gasteiger partial charge in [0, 0.05) is 7.11 Å². The van der Waals surface area contributed by atoms with E-state index < -0.39 is 0 Å². The van der Waals surface area contributed by atoms with E-state index in [4.69, 9.17) is 4.74 Å². The molecule has 0 spiro atoms. The highest BCUT2D eigenvalue weighted by atomic mass is 16.5. The Balaban J connectivity index is 2.36. The van der Waals surface area contributed by atoms with E-state index >= 15 is 0 Å². The van der Waals surface area contributed by atoms with Gasteiger partial charge in [-0.15, -0.1) is 0 Å². The predicted molar refractivity (Wildman–Crippen MR) is 75.7 cm³/mol. The number of benzene rings is 1. The Morgan fingerprint density at radius 3 is 2.44 bits per heavy atom. The lowest BCUT2D eigenvalue weighted by Crippen LogP contribution is -1.99. The number of aliphatic hydroxyl groups is 1. The van der Waals surface area contributed by atoms with Gasteiger partial charge in [-0.1, -0.05) is 56.9 Å². The van der Waals surface area contributed by atoms with Crippen LogP contribution in [0, 0.1) is 0 Å². The standard InChI is InChI=1S/C16H26O2/c1-3-4-5-6-7-16(17)15-10-8-14(9-11-15)12-13-18-2/h8-11,16-17H,3-7,12-13H2,1-2H3. The van der Waals surface area contributed by atoms with E-state index in [0.29, 0.717) is 0 Å². The Bertz CT molecular complexity index is 305. The zero-order valence-corrected chi connectivity index (χ0v) is 11.7. The molecule has 2 nitrogen and oxygen atoms in total. The maximum atomic E-state index is 10.1. The Hall–Kier alpha value is -0.860. The molecule has 2 heteroatoms. The van der Waals surface area contributed by atoms with Crippen molar-refractivity contribution in [1.29, 1.82) is 0 Å². The number of hydrogen-bond acceptors (Lipinski definition) is 2. The third-order valence-electron chi connectivity index (χ3n) is 3.29. The van der Waals surface area contributed by atoms with Gasteiger partial charge in [-0.25, -0.2) is 0 Å². The summed E-state index contributed by atoms with van der Waals surface area (Å²) in [6, 6.07) is 8.25. The molecule has 1 unspecified atom stereocenters. The van der Waals surface area contributed by atoms with E-state index in [1.807, 2.05) is 12.1 Å². The molecular formula is C16H26O2. The number of hydrogen-bond donors (Lipinski definition) is 1. The number of methoxy groups -OCH3 is 1. The second-order valence-electron chi connectivity index (χ2n) is 4.85. The summed E-state index contributed by atoms with van der Waals surface area (Å²) >= 11 is 0. The summed E-state index contributed by atoms with van der Waals surface area (Å²) in [6.45, 7) is 2.95. The van der Waals surface area contributed by atoms with E-state index in [2.05, 4.69) is 19.1 Å². The Labute approximate surface area is 111 Å². The van der Waals surface area contributed by atoms with Crippen molar-refractivity contribution in [2.75, 3.05) is 13.7 Å². The molecule has 1 N–H and O–H groups in total. The molecule has 0 heterocycles. The summed E-state index contributed by atoms with van der Waals surface area (Å²) in [6.07, 6.45) is 6.34. The summed E-state index contributed by atoms with van der Waals surface area (Å²) in [5.74, 6) is 0. The molecule has 1 aromatic rings.